The Hall–Kier alpha value is -3.95. The highest BCUT2D eigenvalue weighted by molar-refractivity contribution is 7.99. The first-order valence-corrected chi connectivity index (χ1v) is 12.9. The molecule has 2 N–H and O–H groups in total. The molecule has 6 rings (SSSR count). The average molecular weight is 515 g/mol. The van der Waals surface area contributed by atoms with E-state index in [-0.39, 0.29) is 5.56 Å². The van der Waals surface area contributed by atoms with Gasteiger partial charge in [0, 0.05) is 60.6 Å². The summed E-state index contributed by atoms with van der Waals surface area (Å²) >= 11 is 1.65. The van der Waals surface area contributed by atoms with Crippen molar-refractivity contribution in [2.75, 3.05) is 43.6 Å². The fourth-order valence-corrected chi connectivity index (χ4v) is 5.57. The van der Waals surface area contributed by atoms with Crippen molar-refractivity contribution >= 4 is 23.1 Å². The highest BCUT2D eigenvalue weighted by atomic mass is 32.2. The quantitative estimate of drug-likeness (QED) is 0.322. The topological polar surface area (TPSA) is 88.7 Å². The predicted octanol–water partition coefficient (Wildman–Crippen LogP) is 5.15. The second-order valence-corrected chi connectivity index (χ2v) is 9.84. The molecule has 0 aliphatic carbocycles. The molecule has 2 aliphatic rings. The lowest BCUT2D eigenvalue weighted by molar-refractivity contribution is 0.122. The van der Waals surface area contributed by atoms with Gasteiger partial charge in [-0.2, -0.15) is 0 Å². The minimum Gasteiger partial charge on any atom is -0.496 e. The van der Waals surface area contributed by atoms with Crippen molar-refractivity contribution in [2.45, 2.75) is 16.3 Å². The molecule has 188 valence electrons. The molecular weight excluding hydrogens is 488 g/mol. The number of fused-ring (bicyclic) bond motifs is 2. The molecule has 0 saturated carbocycles. The lowest BCUT2D eigenvalue weighted by Crippen LogP contribution is -2.36. The molecule has 37 heavy (non-hydrogen) atoms. The third-order valence-corrected chi connectivity index (χ3v) is 7.49. The number of aromatic nitrogens is 2. The van der Waals surface area contributed by atoms with Crippen LogP contribution in [0.2, 0.25) is 0 Å². The molecular formula is C28H26N4O4S. The normalized spacial score (nSPS) is 14.4. The number of hydrogen-bond donors (Lipinski definition) is 2. The summed E-state index contributed by atoms with van der Waals surface area (Å²) in [5.41, 5.74) is 4.30. The lowest BCUT2D eigenvalue weighted by atomic mass is 10.1. The molecule has 2 aromatic heterocycles. The van der Waals surface area contributed by atoms with Crippen molar-refractivity contribution in [1.29, 1.82) is 0 Å². The number of nitrogens with zero attached hydrogens (tertiary/aromatic N) is 2. The van der Waals surface area contributed by atoms with Crippen LogP contribution in [0.1, 0.15) is 5.56 Å². The van der Waals surface area contributed by atoms with E-state index < -0.39 is 0 Å². The van der Waals surface area contributed by atoms with E-state index in [0.717, 1.165) is 68.3 Å². The summed E-state index contributed by atoms with van der Waals surface area (Å²) in [5, 5.41) is 3.45. The molecule has 1 saturated heterocycles. The van der Waals surface area contributed by atoms with Crippen LogP contribution < -0.4 is 25.2 Å². The van der Waals surface area contributed by atoms with Gasteiger partial charge in [0.1, 0.15) is 11.5 Å². The summed E-state index contributed by atoms with van der Waals surface area (Å²) in [4.78, 5) is 23.9. The van der Waals surface area contributed by atoms with Crippen LogP contribution in [0.15, 0.2) is 81.6 Å². The molecule has 2 aromatic carbocycles. The second kappa shape index (κ2) is 10.2. The fraction of sp³-hybridized carbons (Fsp3) is 0.214. The highest BCUT2D eigenvalue weighted by Crippen LogP contribution is 2.51. The maximum Gasteiger partial charge on any atom is 0.250 e. The van der Waals surface area contributed by atoms with Crippen molar-refractivity contribution in [3.8, 4) is 28.5 Å². The van der Waals surface area contributed by atoms with E-state index in [4.69, 9.17) is 14.2 Å². The Morgan fingerprint density at radius 3 is 2.86 bits per heavy atom. The first-order valence-electron chi connectivity index (χ1n) is 12.1. The standard InChI is InChI=1S/C28H26N4O4S/c1-34-23-7-8-29-16-18(23)17-30-19-5-6-24-26(13-19)37-25-4-2-3-21(28(25)36-24)22-14-20(15-27(33)31-22)32-9-11-35-12-10-32/h2-8,13-16,30H,9-12,17H2,1H3,(H,31,33). The van der Waals surface area contributed by atoms with Gasteiger partial charge >= 0.3 is 0 Å². The summed E-state index contributed by atoms with van der Waals surface area (Å²) in [5.74, 6) is 2.33. The molecule has 9 heteroatoms. The summed E-state index contributed by atoms with van der Waals surface area (Å²) in [6, 6.07) is 17.6. The van der Waals surface area contributed by atoms with Gasteiger partial charge in [-0.1, -0.05) is 17.8 Å². The lowest BCUT2D eigenvalue weighted by Gasteiger charge is -2.29. The maximum absolute atomic E-state index is 12.6. The molecule has 2 aliphatic heterocycles. The highest BCUT2D eigenvalue weighted by Gasteiger charge is 2.23. The second-order valence-electron chi connectivity index (χ2n) is 8.76. The number of rotatable bonds is 6. The van der Waals surface area contributed by atoms with Gasteiger partial charge in [-0.05, 0) is 42.5 Å². The van der Waals surface area contributed by atoms with Gasteiger partial charge in [-0.15, -0.1) is 0 Å². The molecule has 4 aromatic rings. The number of ether oxygens (including phenoxy) is 3. The Morgan fingerprint density at radius 2 is 2.00 bits per heavy atom. The van der Waals surface area contributed by atoms with Crippen LogP contribution in [0.4, 0.5) is 11.4 Å². The van der Waals surface area contributed by atoms with Gasteiger partial charge in [0.25, 0.3) is 0 Å². The Kier molecular flexibility index (Phi) is 6.46. The number of benzene rings is 2. The zero-order chi connectivity index (χ0) is 25.2. The average Bonchev–Trinajstić information content (AvgIpc) is 2.95. The van der Waals surface area contributed by atoms with Gasteiger partial charge < -0.3 is 29.4 Å². The van der Waals surface area contributed by atoms with E-state index in [1.54, 1.807) is 37.3 Å². The monoisotopic (exact) mass is 514 g/mol. The molecule has 0 amide bonds. The first-order chi connectivity index (χ1) is 18.2. The third-order valence-electron chi connectivity index (χ3n) is 6.41. The van der Waals surface area contributed by atoms with Crippen LogP contribution in [0.25, 0.3) is 11.3 Å². The number of aromatic amines is 1. The number of anilines is 2. The molecule has 1 fully saturated rings. The molecule has 0 unspecified atom stereocenters. The predicted molar refractivity (Wildman–Crippen MR) is 144 cm³/mol. The summed E-state index contributed by atoms with van der Waals surface area (Å²) < 4.78 is 17.3. The maximum atomic E-state index is 12.6. The number of methoxy groups -OCH3 is 1. The van der Waals surface area contributed by atoms with Crippen LogP contribution in [0, 0.1) is 0 Å². The van der Waals surface area contributed by atoms with Crippen molar-refractivity contribution in [3.05, 3.63) is 82.9 Å². The van der Waals surface area contributed by atoms with Crippen LogP contribution in [-0.4, -0.2) is 43.4 Å². The minimum atomic E-state index is -0.138. The van der Waals surface area contributed by atoms with Gasteiger partial charge in [0.2, 0.25) is 5.56 Å². The van der Waals surface area contributed by atoms with Gasteiger partial charge in [-0.3, -0.25) is 9.78 Å². The number of nitrogens with one attached hydrogen (secondary N) is 2. The van der Waals surface area contributed by atoms with Crippen molar-refractivity contribution in [3.63, 3.8) is 0 Å². The van der Waals surface area contributed by atoms with E-state index in [2.05, 4.69) is 26.3 Å². The molecule has 0 atom stereocenters. The van der Waals surface area contributed by atoms with Crippen LogP contribution >= 0.6 is 11.8 Å². The van der Waals surface area contributed by atoms with E-state index in [1.807, 2.05) is 42.5 Å². The third kappa shape index (κ3) is 4.87. The number of morpholine rings is 1. The Labute approximate surface area is 218 Å². The number of para-hydroxylation sites is 1. The van der Waals surface area contributed by atoms with Crippen molar-refractivity contribution in [1.82, 2.24) is 9.97 Å². The number of H-pyrrole nitrogens is 1. The van der Waals surface area contributed by atoms with E-state index in [1.165, 1.54) is 0 Å². The minimum absolute atomic E-state index is 0.138. The first kappa shape index (κ1) is 23.4. The Bertz CT molecular complexity index is 1500. The molecule has 0 radical (unpaired) electrons. The summed E-state index contributed by atoms with van der Waals surface area (Å²) in [7, 11) is 1.66. The van der Waals surface area contributed by atoms with Gasteiger partial charge in [0.05, 0.1) is 35.8 Å². The largest absolute Gasteiger partial charge is 0.496 e. The van der Waals surface area contributed by atoms with E-state index >= 15 is 0 Å². The number of hydrogen-bond acceptors (Lipinski definition) is 8. The Morgan fingerprint density at radius 1 is 1.11 bits per heavy atom. The van der Waals surface area contributed by atoms with Crippen molar-refractivity contribution < 1.29 is 14.2 Å². The van der Waals surface area contributed by atoms with Crippen LogP contribution in [0.3, 0.4) is 0 Å². The van der Waals surface area contributed by atoms with Crippen LogP contribution in [-0.2, 0) is 11.3 Å². The molecule has 0 spiro atoms. The fourth-order valence-electron chi connectivity index (χ4n) is 4.55. The molecule has 8 nitrogen and oxygen atoms in total. The molecule has 0 bridgehead atoms. The van der Waals surface area contributed by atoms with Crippen LogP contribution in [0.5, 0.6) is 17.2 Å². The van der Waals surface area contributed by atoms with Gasteiger partial charge in [-0.25, -0.2) is 0 Å². The van der Waals surface area contributed by atoms with E-state index in [9.17, 15) is 4.79 Å². The Balaban J connectivity index is 1.26. The summed E-state index contributed by atoms with van der Waals surface area (Å²) in [6.07, 6.45) is 3.52. The summed E-state index contributed by atoms with van der Waals surface area (Å²) in [6.45, 7) is 3.44. The zero-order valence-electron chi connectivity index (χ0n) is 20.3. The van der Waals surface area contributed by atoms with Gasteiger partial charge in [0.15, 0.2) is 5.75 Å². The van der Waals surface area contributed by atoms with E-state index in [0.29, 0.717) is 19.8 Å². The molecule has 4 heterocycles. The zero-order valence-corrected chi connectivity index (χ0v) is 21.1. The number of pyridine rings is 2. The SMILES string of the molecule is COc1ccncc1CNc1ccc2c(c1)Sc1cccc(-c3cc(N4CCOCC4)cc(=O)[nH]3)c1O2. The van der Waals surface area contributed by atoms with Crippen molar-refractivity contribution in [2.24, 2.45) is 0 Å². The smallest absolute Gasteiger partial charge is 0.250 e.